The van der Waals surface area contributed by atoms with E-state index in [0.717, 1.165) is 25.9 Å². The number of pyridine rings is 1. The van der Waals surface area contributed by atoms with E-state index in [1.54, 1.807) is 7.11 Å². The van der Waals surface area contributed by atoms with Crippen molar-refractivity contribution in [1.82, 2.24) is 15.6 Å². The molecular weight excluding hydrogens is 346 g/mol. The second kappa shape index (κ2) is 7.56. The zero-order chi connectivity index (χ0) is 19.7. The van der Waals surface area contributed by atoms with Crippen LogP contribution in [0.25, 0.3) is 0 Å². The molecule has 0 spiro atoms. The highest BCUT2D eigenvalue weighted by Crippen LogP contribution is 2.33. The van der Waals surface area contributed by atoms with Crippen molar-refractivity contribution < 1.29 is 14.3 Å². The molecule has 3 rings (SSSR count). The van der Waals surface area contributed by atoms with E-state index < -0.39 is 11.5 Å². The van der Waals surface area contributed by atoms with Gasteiger partial charge in [0.15, 0.2) is 5.78 Å². The standard InChI is InChI=1S/C20H29N3O4/c1-19(2)9-15-13(16(24)10-19)8-14(18(26)23-15)17(25)22-11-20(12-27-3)4-6-21-7-5-20/h8,21H,4-7,9-12H2,1-3H3,(H,22,25)(H,23,26). The zero-order valence-electron chi connectivity index (χ0n) is 16.4. The fourth-order valence-corrected chi connectivity index (χ4v) is 4.19. The lowest BCUT2D eigenvalue weighted by Gasteiger charge is -2.37. The van der Waals surface area contributed by atoms with Crippen LogP contribution >= 0.6 is 0 Å². The number of rotatable bonds is 5. The van der Waals surface area contributed by atoms with E-state index in [9.17, 15) is 14.4 Å². The lowest BCUT2D eigenvalue weighted by atomic mass is 9.75. The lowest BCUT2D eigenvalue weighted by molar-refractivity contribution is 0.0511. The van der Waals surface area contributed by atoms with Crippen molar-refractivity contribution in [3.8, 4) is 0 Å². The molecule has 3 N–H and O–H groups in total. The number of Topliss-reactive ketones (excluding diaryl/α,β-unsaturated/α-hetero) is 1. The largest absolute Gasteiger partial charge is 0.384 e. The minimum Gasteiger partial charge on any atom is -0.384 e. The summed E-state index contributed by atoms with van der Waals surface area (Å²) in [4.78, 5) is 40.3. The molecule has 1 fully saturated rings. The number of aromatic nitrogens is 1. The maximum Gasteiger partial charge on any atom is 0.261 e. The molecule has 1 aliphatic heterocycles. The topological polar surface area (TPSA) is 100 Å². The summed E-state index contributed by atoms with van der Waals surface area (Å²) in [7, 11) is 1.66. The van der Waals surface area contributed by atoms with Gasteiger partial charge in [0.05, 0.1) is 6.61 Å². The molecule has 1 aromatic rings. The number of H-pyrrole nitrogens is 1. The van der Waals surface area contributed by atoms with E-state index >= 15 is 0 Å². The minimum atomic E-state index is -0.442. The predicted molar refractivity (Wildman–Crippen MR) is 102 cm³/mol. The maximum atomic E-state index is 12.7. The molecule has 0 aromatic carbocycles. The molecule has 1 aliphatic carbocycles. The van der Waals surface area contributed by atoms with E-state index in [0.29, 0.717) is 37.3 Å². The Hall–Kier alpha value is -1.99. The van der Waals surface area contributed by atoms with Gasteiger partial charge in [-0.25, -0.2) is 0 Å². The van der Waals surface area contributed by atoms with Crippen molar-refractivity contribution in [1.29, 1.82) is 0 Å². The summed E-state index contributed by atoms with van der Waals surface area (Å²) in [6.45, 7) is 6.76. The van der Waals surface area contributed by atoms with Crippen LogP contribution in [0.3, 0.4) is 0 Å². The van der Waals surface area contributed by atoms with Crippen LogP contribution in [-0.4, -0.2) is 50.0 Å². The average Bonchev–Trinajstić information content (AvgIpc) is 2.59. The van der Waals surface area contributed by atoms with E-state index in [2.05, 4.69) is 15.6 Å². The summed E-state index contributed by atoms with van der Waals surface area (Å²) in [6, 6.07) is 1.46. The van der Waals surface area contributed by atoms with Crippen molar-refractivity contribution in [3.05, 3.63) is 33.2 Å². The molecule has 7 nitrogen and oxygen atoms in total. The molecule has 0 bridgehead atoms. The Morgan fingerprint density at radius 3 is 2.59 bits per heavy atom. The lowest BCUT2D eigenvalue weighted by Crippen LogP contribution is -2.47. The second-order valence-corrected chi connectivity index (χ2v) is 8.71. The maximum absolute atomic E-state index is 12.7. The number of piperidine rings is 1. The average molecular weight is 375 g/mol. The number of hydrogen-bond acceptors (Lipinski definition) is 5. The number of carbonyl (C=O) groups is 2. The highest BCUT2D eigenvalue weighted by molar-refractivity contribution is 6.02. The quantitative estimate of drug-likeness (QED) is 0.720. The Bertz CT molecular complexity index is 785. The molecule has 148 valence electrons. The van der Waals surface area contributed by atoms with Crippen molar-refractivity contribution in [2.45, 2.75) is 39.5 Å². The summed E-state index contributed by atoms with van der Waals surface area (Å²) >= 11 is 0. The smallest absolute Gasteiger partial charge is 0.261 e. The van der Waals surface area contributed by atoms with Gasteiger partial charge in [-0.2, -0.15) is 0 Å². The summed E-state index contributed by atoms with van der Waals surface area (Å²) in [5, 5.41) is 6.21. The number of nitrogens with one attached hydrogen (secondary N) is 3. The van der Waals surface area contributed by atoms with Crippen LogP contribution in [0.15, 0.2) is 10.9 Å². The Kier molecular flexibility index (Phi) is 5.53. The van der Waals surface area contributed by atoms with Gasteiger partial charge in [0, 0.05) is 36.7 Å². The van der Waals surface area contributed by atoms with E-state index in [4.69, 9.17) is 4.74 Å². The second-order valence-electron chi connectivity index (χ2n) is 8.71. The minimum absolute atomic E-state index is 0.00306. The molecule has 1 saturated heterocycles. The monoisotopic (exact) mass is 375 g/mol. The molecular formula is C20H29N3O4. The summed E-state index contributed by atoms with van der Waals surface area (Å²) in [5.74, 6) is -0.466. The highest BCUT2D eigenvalue weighted by atomic mass is 16.5. The molecule has 0 saturated carbocycles. The van der Waals surface area contributed by atoms with Crippen LogP contribution in [0.5, 0.6) is 0 Å². The number of ketones is 1. The fraction of sp³-hybridized carbons (Fsp3) is 0.650. The first kappa shape index (κ1) is 19.8. The number of carbonyl (C=O) groups excluding carboxylic acids is 2. The van der Waals surface area contributed by atoms with Crippen LogP contribution < -0.4 is 16.2 Å². The highest BCUT2D eigenvalue weighted by Gasteiger charge is 2.34. The van der Waals surface area contributed by atoms with Crippen molar-refractivity contribution in [3.63, 3.8) is 0 Å². The Labute approximate surface area is 159 Å². The molecule has 0 atom stereocenters. The predicted octanol–water partition coefficient (Wildman–Crippen LogP) is 1.28. The van der Waals surface area contributed by atoms with Crippen molar-refractivity contribution in [2.24, 2.45) is 10.8 Å². The van der Waals surface area contributed by atoms with Crippen LogP contribution in [0, 0.1) is 10.8 Å². The molecule has 0 radical (unpaired) electrons. The van der Waals surface area contributed by atoms with Gasteiger partial charge in [-0.05, 0) is 43.8 Å². The number of fused-ring (bicyclic) bond motifs is 1. The number of aromatic amines is 1. The van der Waals surface area contributed by atoms with Gasteiger partial charge in [0.25, 0.3) is 11.5 Å². The summed E-state index contributed by atoms with van der Waals surface area (Å²) < 4.78 is 5.36. The van der Waals surface area contributed by atoms with Crippen LogP contribution in [0.4, 0.5) is 0 Å². The van der Waals surface area contributed by atoms with Gasteiger partial charge < -0.3 is 20.4 Å². The van der Waals surface area contributed by atoms with Gasteiger partial charge in [0.2, 0.25) is 0 Å². The fourth-order valence-electron chi connectivity index (χ4n) is 4.19. The zero-order valence-corrected chi connectivity index (χ0v) is 16.4. The third-order valence-corrected chi connectivity index (χ3v) is 5.70. The number of hydrogen-bond donors (Lipinski definition) is 3. The van der Waals surface area contributed by atoms with Gasteiger partial charge in [0.1, 0.15) is 5.56 Å². The van der Waals surface area contributed by atoms with Gasteiger partial charge >= 0.3 is 0 Å². The first-order valence-electron chi connectivity index (χ1n) is 9.53. The van der Waals surface area contributed by atoms with Gasteiger partial charge in [-0.1, -0.05) is 13.8 Å². The molecule has 7 heteroatoms. The Morgan fingerprint density at radius 1 is 1.22 bits per heavy atom. The van der Waals surface area contributed by atoms with Crippen LogP contribution in [0.1, 0.15) is 59.5 Å². The normalized spacial score (nSPS) is 20.8. The van der Waals surface area contributed by atoms with Crippen LogP contribution in [0.2, 0.25) is 0 Å². The Balaban J connectivity index is 1.78. The summed E-state index contributed by atoms with van der Waals surface area (Å²) in [5.41, 5.74) is 0.347. The summed E-state index contributed by atoms with van der Waals surface area (Å²) in [6.07, 6.45) is 2.83. The molecule has 27 heavy (non-hydrogen) atoms. The molecule has 0 unspecified atom stereocenters. The van der Waals surface area contributed by atoms with Crippen molar-refractivity contribution in [2.75, 3.05) is 33.4 Å². The number of methoxy groups -OCH3 is 1. The van der Waals surface area contributed by atoms with Gasteiger partial charge in [-0.3, -0.25) is 14.4 Å². The Morgan fingerprint density at radius 2 is 1.93 bits per heavy atom. The first-order valence-corrected chi connectivity index (χ1v) is 9.53. The molecule has 1 amide bonds. The molecule has 2 aliphatic rings. The third kappa shape index (κ3) is 4.30. The van der Waals surface area contributed by atoms with Gasteiger partial charge in [-0.15, -0.1) is 0 Å². The van der Waals surface area contributed by atoms with Crippen molar-refractivity contribution >= 4 is 11.7 Å². The van der Waals surface area contributed by atoms with Crippen LogP contribution in [-0.2, 0) is 11.2 Å². The SMILES string of the molecule is COCC1(CNC(=O)c2cc3c([nH]c2=O)CC(C)(C)CC3=O)CCNCC1. The van der Waals surface area contributed by atoms with E-state index in [1.165, 1.54) is 6.07 Å². The molecule has 2 heterocycles. The number of ether oxygens (including phenoxy) is 1. The van der Waals surface area contributed by atoms with E-state index in [-0.39, 0.29) is 22.2 Å². The third-order valence-electron chi connectivity index (χ3n) is 5.70. The van der Waals surface area contributed by atoms with E-state index in [1.807, 2.05) is 13.8 Å². The number of amides is 1. The first-order chi connectivity index (χ1) is 12.8. The molecule has 1 aromatic heterocycles.